The van der Waals surface area contributed by atoms with Crippen molar-refractivity contribution < 1.29 is 25.2 Å². The minimum atomic E-state index is -1.23. The minimum absolute atomic E-state index is 0.0250. The van der Waals surface area contributed by atoms with Crippen molar-refractivity contribution in [1.29, 1.82) is 0 Å². The van der Waals surface area contributed by atoms with E-state index in [4.69, 9.17) is 0 Å². The lowest BCUT2D eigenvalue weighted by Gasteiger charge is -2.55. The first-order valence-electron chi connectivity index (χ1n) is 8.98. The van der Waals surface area contributed by atoms with Gasteiger partial charge in [0.25, 0.3) is 0 Å². The number of Topliss-reactive ketones (excluding diaryl/α,β-unsaturated/α-hetero) is 1. The lowest BCUT2D eigenvalue weighted by Crippen LogP contribution is -2.56. The molecule has 25 heavy (non-hydrogen) atoms. The van der Waals surface area contributed by atoms with Gasteiger partial charge in [0, 0.05) is 22.5 Å². The quantitative estimate of drug-likeness (QED) is 0.459. The van der Waals surface area contributed by atoms with E-state index >= 15 is 0 Å². The first kappa shape index (κ1) is 18.1. The predicted octanol–water partition coefficient (Wildman–Crippen LogP) is 3.57. The number of carbonyl (C=O) groups is 1. The van der Waals surface area contributed by atoms with Gasteiger partial charge in [-0.15, -0.1) is 0 Å². The summed E-state index contributed by atoms with van der Waals surface area (Å²) in [7, 11) is 0. The maximum absolute atomic E-state index is 13.0. The summed E-state index contributed by atoms with van der Waals surface area (Å²) in [5.41, 5.74) is -0.579. The normalized spacial score (nSPS) is 30.9. The molecule has 1 aromatic carbocycles. The molecule has 1 aromatic rings. The molecule has 0 bridgehead atoms. The highest BCUT2D eigenvalue weighted by atomic mass is 16.3. The highest BCUT2D eigenvalue weighted by Crippen LogP contribution is 2.62. The molecule has 0 aromatic heterocycles. The smallest absolute Gasteiger partial charge is 0.195 e. The summed E-state index contributed by atoms with van der Waals surface area (Å²) in [6.07, 6.45) is 1.19. The number of hydrogen-bond donors (Lipinski definition) is 4. The molecule has 0 amide bonds. The molecule has 2 aliphatic rings. The Labute approximate surface area is 148 Å². The van der Waals surface area contributed by atoms with Gasteiger partial charge in [-0.2, -0.15) is 0 Å². The molecule has 0 heterocycles. The Balaban J connectivity index is 2.41. The van der Waals surface area contributed by atoms with Crippen LogP contribution in [0.1, 0.15) is 81.3 Å². The van der Waals surface area contributed by atoms with E-state index in [0.29, 0.717) is 12.0 Å². The van der Waals surface area contributed by atoms with Crippen LogP contribution in [0.25, 0.3) is 0 Å². The van der Waals surface area contributed by atoms with Gasteiger partial charge in [-0.05, 0) is 24.2 Å². The van der Waals surface area contributed by atoms with Crippen LogP contribution < -0.4 is 0 Å². The number of carbonyl (C=O) groups excluding carboxylic acids is 1. The van der Waals surface area contributed by atoms with E-state index in [9.17, 15) is 25.2 Å². The van der Waals surface area contributed by atoms with Crippen molar-refractivity contribution in [1.82, 2.24) is 0 Å². The Kier molecular flexibility index (Phi) is 3.88. The molecule has 0 saturated heterocycles. The van der Waals surface area contributed by atoms with Crippen molar-refractivity contribution in [2.75, 3.05) is 0 Å². The number of phenols is 3. The lowest BCUT2D eigenvalue weighted by molar-refractivity contribution is -0.0399. The van der Waals surface area contributed by atoms with Crippen molar-refractivity contribution in [2.24, 2.45) is 11.3 Å². The van der Waals surface area contributed by atoms with Crippen LogP contribution in [0.2, 0.25) is 0 Å². The Hall–Kier alpha value is -1.75. The molecule has 0 aliphatic heterocycles. The molecule has 5 heteroatoms. The van der Waals surface area contributed by atoms with Gasteiger partial charge < -0.3 is 20.4 Å². The molecule has 3 rings (SSSR count). The summed E-state index contributed by atoms with van der Waals surface area (Å²) in [6, 6.07) is 0. The van der Waals surface area contributed by atoms with E-state index in [0.717, 1.165) is 12.8 Å². The highest BCUT2D eigenvalue weighted by molar-refractivity contribution is 6.06. The standard InChI is InChI=1S/C20H28O5/c1-9(2)10-13(21)11-12(16(24)14(10)22)20(5)8-6-7-19(3,4)18(20)17(25)15(11)23/h9,17-18,21-22,24-25H,6-8H2,1-5H3/t17-,18+,20-/m1/s1. The van der Waals surface area contributed by atoms with Crippen LogP contribution in [0.5, 0.6) is 17.2 Å². The molecule has 0 radical (unpaired) electrons. The number of phenolic OH excluding ortho intramolecular Hbond substituents is 3. The van der Waals surface area contributed by atoms with E-state index in [-0.39, 0.29) is 45.6 Å². The number of fused-ring (bicyclic) bond motifs is 3. The third kappa shape index (κ3) is 2.21. The second-order valence-electron chi connectivity index (χ2n) is 8.91. The lowest BCUT2D eigenvalue weighted by atomic mass is 9.49. The van der Waals surface area contributed by atoms with E-state index in [1.807, 2.05) is 20.8 Å². The average molecular weight is 348 g/mol. The highest BCUT2D eigenvalue weighted by Gasteiger charge is 2.58. The number of rotatable bonds is 1. The number of hydrogen-bond acceptors (Lipinski definition) is 5. The largest absolute Gasteiger partial charge is 0.507 e. The summed E-state index contributed by atoms with van der Waals surface area (Å²) < 4.78 is 0. The second-order valence-corrected chi connectivity index (χ2v) is 8.91. The Morgan fingerprint density at radius 3 is 2.16 bits per heavy atom. The minimum Gasteiger partial charge on any atom is -0.507 e. The molecule has 1 saturated carbocycles. The Bertz CT molecular complexity index is 749. The topological polar surface area (TPSA) is 98.0 Å². The van der Waals surface area contributed by atoms with Gasteiger partial charge in [-0.25, -0.2) is 0 Å². The summed E-state index contributed by atoms with van der Waals surface area (Å²) in [5, 5.41) is 42.8. The summed E-state index contributed by atoms with van der Waals surface area (Å²) in [4.78, 5) is 13.0. The summed E-state index contributed by atoms with van der Waals surface area (Å²) >= 11 is 0. The van der Waals surface area contributed by atoms with Crippen LogP contribution in [-0.4, -0.2) is 32.3 Å². The SMILES string of the molecule is CC(C)c1c(O)c(O)c2c(c1O)C(=O)[C@@H](O)[C@H]1C(C)(C)CCC[C@]21C. The molecular formula is C20H28O5. The number of aliphatic hydroxyl groups excluding tert-OH is 1. The van der Waals surface area contributed by atoms with Gasteiger partial charge in [0.05, 0.1) is 5.56 Å². The van der Waals surface area contributed by atoms with Gasteiger partial charge in [0.15, 0.2) is 17.3 Å². The van der Waals surface area contributed by atoms with E-state index in [2.05, 4.69) is 0 Å². The fourth-order valence-corrected chi connectivity index (χ4v) is 5.51. The van der Waals surface area contributed by atoms with Gasteiger partial charge in [0.2, 0.25) is 0 Å². The van der Waals surface area contributed by atoms with Gasteiger partial charge in [-0.3, -0.25) is 4.79 Å². The number of aliphatic hydroxyl groups is 1. The van der Waals surface area contributed by atoms with Crippen LogP contribution >= 0.6 is 0 Å². The Morgan fingerprint density at radius 2 is 1.60 bits per heavy atom. The van der Waals surface area contributed by atoms with Crippen LogP contribution in [0.4, 0.5) is 0 Å². The first-order chi connectivity index (χ1) is 11.4. The molecule has 0 unspecified atom stereocenters. The number of ketones is 1. The fraction of sp³-hybridized carbons (Fsp3) is 0.650. The monoisotopic (exact) mass is 348 g/mol. The molecule has 138 valence electrons. The molecule has 1 fully saturated rings. The molecule has 0 spiro atoms. The molecule has 3 atom stereocenters. The van der Waals surface area contributed by atoms with Crippen LogP contribution in [0.15, 0.2) is 0 Å². The number of aromatic hydroxyl groups is 3. The zero-order valence-electron chi connectivity index (χ0n) is 15.6. The number of benzene rings is 1. The van der Waals surface area contributed by atoms with Crippen molar-refractivity contribution in [3.05, 3.63) is 16.7 Å². The third-order valence-electron chi connectivity index (χ3n) is 6.48. The zero-order valence-corrected chi connectivity index (χ0v) is 15.6. The maximum atomic E-state index is 13.0. The van der Waals surface area contributed by atoms with Gasteiger partial charge >= 0.3 is 0 Å². The van der Waals surface area contributed by atoms with E-state index in [1.54, 1.807) is 13.8 Å². The van der Waals surface area contributed by atoms with Crippen LogP contribution in [-0.2, 0) is 5.41 Å². The van der Waals surface area contributed by atoms with E-state index < -0.39 is 17.3 Å². The molecule has 4 N–H and O–H groups in total. The molecule has 2 aliphatic carbocycles. The van der Waals surface area contributed by atoms with Crippen molar-refractivity contribution in [3.8, 4) is 17.2 Å². The summed E-state index contributed by atoms with van der Waals surface area (Å²) in [6.45, 7) is 9.49. The van der Waals surface area contributed by atoms with Crippen molar-refractivity contribution >= 4 is 5.78 Å². The Morgan fingerprint density at radius 1 is 1.00 bits per heavy atom. The predicted molar refractivity (Wildman–Crippen MR) is 94.3 cm³/mol. The van der Waals surface area contributed by atoms with Gasteiger partial charge in [-0.1, -0.05) is 41.0 Å². The average Bonchev–Trinajstić information content (AvgIpc) is 2.47. The third-order valence-corrected chi connectivity index (χ3v) is 6.48. The van der Waals surface area contributed by atoms with Crippen molar-refractivity contribution in [2.45, 2.75) is 71.3 Å². The van der Waals surface area contributed by atoms with Gasteiger partial charge in [0.1, 0.15) is 11.9 Å². The van der Waals surface area contributed by atoms with Crippen LogP contribution in [0.3, 0.4) is 0 Å². The van der Waals surface area contributed by atoms with Crippen molar-refractivity contribution in [3.63, 3.8) is 0 Å². The van der Waals surface area contributed by atoms with Crippen LogP contribution in [0, 0.1) is 11.3 Å². The first-order valence-corrected chi connectivity index (χ1v) is 8.98. The zero-order chi connectivity index (χ0) is 18.9. The molecular weight excluding hydrogens is 320 g/mol. The molecule has 5 nitrogen and oxygen atoms in total. The van der Waals surface area contributed by atoms with E-state index in [1.165, 1.54) is 0 Å². The fourth-order valence-electron chi connectivity index (χ4n) is 5.51. The second kappa shape index (κ2) is 5.37. The summed E-state index contributed by atoms with van der Waals surface area (Å²) in [5.74, 6) is -2.24. The maximum Gasteiger partial charge on any atom is 0.195 e.